The quantitative estimate of drug-likeness (QED) is 0.623. The number of aromatic nitrogens is 3. The summed E-state index contributed by atoms with van der Waals surface area (Å²) in [5, 5.41) is 5.01. The monoisotopic (exact) mass is 309 g/mol. The highest BCUT2D eigenvalue weighted by atomic mass is 35.5. The lowest BCUT2D eigenvalue weighted by Crippen LogP contribution is -2.39. The fraction of sp³-hybridized carbons (Fsp3) is 0.429. The molecule has 0 aliphatic rings. The zero-order valence-electron chi connectivity index (χ0n) is 12.4. The van der Waals surface area contributed by atoms with E-state index in [0.717, 1.165) is 23.4 Å². The molecule has 2 rings (SSSR count). The maximum absolute atomic E-state index is 6.28. The second-order valence-corrected chi connectivity index (χ2v) is 5.33. The van der Waals surface area contributed by atoms with Gasteiger partial charge in [-0.2, -0.15) is 5.10 Å². The Balaban J connectivity index is 2.09. The largest absolute Gasteiger partial charge is 0.481 e. The third kappa shape index (κ3) is 3.72. The van der Waals surface area contributed by atoms with E-state index in [2.05, 4.69) is 15.5 Å². The first-order chi connectivity index (χ1) is 10.0. The molecule has 21 heavy (non-hydrogen) atoms. The standard InChI is InChI=1S/C14H20ClN5O/c1-9-14(15)12(20(2)19-9)7-11(18-16)6-10-4-5-13(21-3)17-8-10/h4-5,8,11,18H,6-7,16H2,1-3H3. The van der Waals surface area contributed by atoms with Gasteiger partial charge in [0.1, 0.15) is 0 Å². The van der Waals surface area contributed by atoms with E-state index in [-0.39, 0.29) is 6.04 Å². The maximum Gasteiger partial charge on any atom is 0.212 e. The molecule has 0 bridgehead atoms. The Labute approximate surface area is 129 Å². The van der Waals surface area contributed by atoms with Gasteiger partial charge in [-0.05, 0) is 18.9 Å². The summed E-state index contributed by atoms with van der Waals surface area (Å²) in [6.45, 7) is 1.89. The Bertz CT molecular complexity index is 596. The molecular formula is C14H20ClN5O. The predicted molar refractivity (Wildman–Crippen MR) is 82.3 cm³/mol. The number of pyridine rings is 1. The summed E-state index contributed by atoms with van der Waals surface area (Å²) < 4.78 is 6.85. The Morgan fingerprint density at radius 1 is 1.43 bits per heavy atom. The molecule has 2 aromatic heterocycles. The van der Waals surface area contributed by atoms with Crippen LogP contribution in [0, 0.1) is 6.92 Å². The van der Waals surface area contributed by atoms with Gasteiger partial charge in [0, 0.05) is 31.8 Å². The number of aryl methyl sites for hydroxylation is 2. The van der Waals surface area contributed by atoms with Gasteiger partial charge in [0.25, 0.3) is 0 Å². The molecule has 0 aliphatic carbocycles. The van der Waals surface area contributed by atoms with Gasteiger partial charge in [-0.15, -0.1) is 0 Å². The first-order valence-corrected chi connectivity index (χ1v) is 7.06. The Hall–Kier alpha value is -1.63. The number of ether oxygens (including phenoxy) is 1. The molecule has 6 nitrogen and oxygen atoms in total. The molecule has 3 N–H and O–H groups in total. The summed E-state index contributed by atoms with van der Waals surface area (Å²) in [4.78, 5) is 4.20. The molecule has 0 amide bonds. The second kappa shape index (κ2) is 6.89. The summed E-state index contributed by atoms with van der Waals surface area (Å²) in [6, 6.07) is 3.86. The predicted octanol–water partition coefficient (Wildman–Crippen LogP) is 1.40. The maximum atomic E-state index is 6.28. The highest BCUT2D eigenvalue weighted by Crippen LogP contribution is 2.21. The topological polar surface area (TPSA) is 78.0 Å². The van der Waals surface area contributed by atoms with Crippen LogP contribution in [0.3, 0.4) is 0 Å². The van der Waals surface area contributed by atoms with Crippen molar-refractivity contribution in [2.75, 3.05) is 7.11 Å². The summed E-state index contributed by atoms with van der Waals surface area (Å²) in [6.07, 6.45) is 3.23. The number of nitrogens with one attached hydrogen (secondary N) is 1. The number of rotatable bonds is 6. The summed E-state index contributed by atoms with van der Waals surface area (Å²) >= 11 is 6.28. The molecule has 1 atom stereocenters. The van der Waals surface area contributed by atoms with E-state index in [1.165, 1.54) is 0 Å². The van der Waals surface area contributed by atoms with Gasteiger partial charge in [0.15, 0.2) is 0 Å². The van der Waals surface area contributed by atoms with Crippen LogP contribution in [-0.4, -0.2) is 27.9 Å². The number of halogens is 1. The first kappa shape index (κ1) is 15.8. The van der Waals surface area contributed by atoms with Crippen molar-refractivity contribution in [3.8, 4) is 5.88 Å². The molecule has 0 spiro atoms. The lowest BCUT2D eigenvalue weighted by Gasteiger charge is -2.16. The Morgan fingerprint density at radius 3 is 2.67 bits per heavy atom. The van der Waals surface area contributed by atoms with E-state index in [0.29, 0.717) is 17.3 Å². The minimum atomic E-state index is 0.0486. The minimum absolute atomic E-state index is 0.0486. The summed E-state index contributed by atoms with van der Waals surface area (Å²) in [5.74, 6) is 6.26. The summed E-state index contributed by atoms with van der Waals surface area (Å²) in [5.41, 5.74) is 5.71. The van der Waals surface area contributed by atoms with Crippen molar-refractivity contribution < 1.29 is 4.74 Å². The van der Waals surface area contributed by atoms with Gasteiger partial charge in [-0.1, -0.05) is 17.7 Å². The fourth-order valence-corrected chi connectivity index (χ4v) is 2.50. The molecule has 2 heterocycles. The average Bonchev–Trinajstić information content (AvgIpc) is 2.73. The van der Waals surface area contributed by atoms with Crippen molar-refractivity contribution in [2.45, 2.75) is 25.8 Å². The van der Waals surface area contributed by atoms with Crippen LogP contribution in [-0.2, 0) is 19.9 Å². The normalized spacial score (nSPS) is 12.4. The van der Waals surface area contributed by atoms with E-state index in [1.807, 2.05) is 26.1 Å². The summed E-state index contributed by atoms with van der Waals surface area (Å²) in [7, 11) is 3.48. The van der Waals surface area contributed by atoms with Crippen molar-refractivity contribution in [1.82, 2.24) is 20.2 Å². The van der Waals surface area contributed by atoms with Crippen LogP contribution >= 0.6 is 11.6 Å². The average molecular weight is 310 g/mol. The third-order valence-electron chi connectivity index (χ3n) is 3.43. The fourth-order valence-electron chi connectivity index (χ4n) is 2.26. The Morgan fingerprint density at radius 2 is 2.19 bits per heavy atom. The number of hydrazine groups is 1. The van der Waals surface area contributed by atoms with Crippen LogP contribution in [0.4, 0.5) is 0 Å². The zero-order valence-corrected chi connectivity index (χ0v) is 13.2. The van der Waals surface area contributed by atoms with Gasteiger partial charge in [0.05, 0.1) is 23.5 Å². The van der Waals surface area contributed by atoms with E-state index >= 15 is 0 Å². The molecule has 0 aromatic carbocycles. The van der Waals surface area contributed by atoms with Crippen LogP contribution < -0.4 is 16.0 Å². The van der Waals surface area contributed by atoms with Crippen LogP contribution in [0.5, 0.6) is 5.88 Å². The highest BCUT2D eigenvalue weighted by molar-refractivity contribution is 6.31. The van der Waals surface area contributed by atoms with E-state index in [1.54, 1.807) is 18.0 Å². The lowest BCUT2D eigenvalue weighted by atomic mass is 10.0. The zero-order chi connectivity index (χ0) is 15.4. The van der Waals surface area contributed by atoms with Crippen molar-refractivity contribution >= 4 is 11.6 Å². The van der Waals surface area contributed by atoms with Crippen molar-refractivity contribution in [3.63, 3.8) is 0 Å². The number of nitrogens with zero attached hydrogens (tertiary/aromatic N) is 3. The molecule has 0 saturated carbocycles. The smallest absolute Gasteiger partial charge is 0.212 e. The SMILES string of the molecule is COc1ccc(CC(Cc2c(Cl)c(C)nn2C)NN)cn1. The molecule has 0 radical (unpaired) electrons. The lowest BCUT2D eigenvalue weighted by molar-refractivity contribution is 0.397. The van der Waals surface area contributed by atoms with Crippen molar-refractivity contribution in [3.05, 3.63) is 40.3 Å². The number of hydrogen-bond donors (Lipinski definition) is 2. The highest BCUT2D eigenvalue weighted by Gasteiger charge is 2.17. The molecule has 7 heteroatoms. The number of nitrogens with two attached hydrogens (primary N) is 1. The van der Waals surface area contributed by atoms with Gasteiger partial charge in [0.2, 0.25) is 5.88 Å². The molecule has 1 unspecified atom stereocenters. The minimum Gasteiger partial charge on any atom is -0.481 e. The van der Waals surface area contributed by atoms with Crippen LogP contribution in [0.2, 0.25) is 5.02 Å². The first-order valence-electron chi connectivity index (χ1n) is 6.68. The van der Waals surface area contributed by atoms with Crippen molar-refractivity contribution in [1.29, 1.82) is 0 Å². The second-order valence-electron chi connectivity index (χ2n) is 4.95. The van der Waals surface area contributed by atoms with Gasteiger partial charge >= 0.3 is 0 Å². The number of methoxy groups -OCH3 is 1. The molecule has 114 valence electrons. The van der Waals surface area contributed by atoms with Crippen LogP contribution in [0.15, 0.2) is 18.3 Å². The molecule has 2 aromatic rings. The Kier molecular flexibility index (Phi) is 5.17. The molecule has 0 fully saturated rings. The van der Waals surface area contributed by atoms with Crippen LogP contribution in [0.1, 0.15) is 17.0 Å². The third-order valence-corrected chi connectivity index (χ3v) is 3.92. The van der Waals surface area contributed by atoms with Gasteiger partial charge in [-0.3, -0.25) is 16.0 Å². The number of hydrogen-bond acceptors (Lipinski definition) is 5. The molecule has 0 saturated heterocycles. The van der Waals surface area contributed by atoms with E-state index in [9.17, 15) is 0 Å². The van der Waals surface area contributed by atoms with Crippen LogP contribution in [0.25, 0.3) is 0 Å². The van der Waals surface area contributed by atoms with Gasteiger partial charge in [-0.25, -0.2) is 4.98 Å². The van der Waals surface area contributed by atoms with E-state index < -0.39 is 0 Å². The van der Waals surface area contributed by atoms with Crippen molar-refractivity contribution in [2.24, 2.45) is 12.9 Å². The molecule has 0 aliphatic heterocycles. The molecular weight excluding hydrogens is 290 g/mol. The van der Waals surface area contributed by atoms with Gasteiger partial charge < -0.3 is 4.74 Å². The van der Waals surface area contributed by atoms with E-state index in [4.69, 9.17) is 22.2 Å².